The van der Waals surface area contributed by atoms with Crippen molar-refractivity contribution in [2.45, 2.75) is 38.7 Å². The highest BCUT2D eigenvalue weighted by Crippen LogP contribution is 2.19. The second-order valence-electron chi connectivity index (χ2n) is 4.40. The third-order valence-corrected chi connectivity index (χ3v) is 2.93. The summed E-state index contributed by atoms with van der Waals surface area (Å²) in [5, 5.41) is 14.0. The normalized spacial score (nSPS) is 24.9. The van der Waals surface area contributed by atoms with Crippen LogP contribution >= 0.6 is 0 Å². The van der Waals surface area contributed by atoms with Gasteiger partial charge in [-0.15, -0.1) is 0 Å². The number of hydrogen-bond donors (Lipinski definition) is 3. The summed E-state index contributed by atoms with van der Waals surface area (Å²) in [5.41, 5.74) is 5.33. The summed E-state index contributed by atoms with van der Waals surface area (Å²) in [6, 6.07) is 0. The molecule has 0 aromatic rings. The van der Waals surface area contributed by atoms with E-state index >= 15 is 0 Å². The molecule has 6 heteroatoms. The predicted octanol–water partition coefficient (Wildman–Crippen LogP) is 0.444. The van der Waals surface area contributed by atoms with E-state index in [0.29, 0.717) is 25.5 Å². The SMILES string of the molecule is CC1CCOC1C(=O)NCCCCC(N)=NO. The third kappa shape index (κ3) is 4.60. The van der Waals surface area contributed by atoms with Gasteiger partial charge in [0.05, 0.1) is 0 Å². The van der Waals surface area contributed by atoms with Gasteiger partial charge in [0.15, 0.2) is 0 Å². The Balaban J connectivity index is 2.08. The van der Waals surface area contributed by atoms with Crippen molar-refractivity contribution in [2.24, 2.45) is 16.8 Å². The Morgan fingerprint density at radius 2 is 2.35 bits per heavy atom. The van der Waals surface area contributed by atoms with E-state index in [0.717, 1.165) is 19.3 Å². The molecule has 1 amide bonds. The van der Waals surface area contributed by atoms with Crippen LogP contribution in [-0.2, 0) is 9.53 Å². The Morgan fingerprint density at radius 3 is 2.94 bits per heavy atom. The van der Waals surface area contributed by atoms with Gasteiger partial charge >= 0.3 is 0 Å². The van der Waals surface area contributed by atoms with Crippen molar-refractivity contribution < 1.29 is 14.7 Å². The minimum absolute atomic E-state index is 0.0289. The first-order valence-corrected chi connectivity index (χ1v) is 6.01. The summed E-state index contributed by atoms with van der Waals surface area (Å²) in [6.45, 7) is 3.29. The largest absolute Gasteiger partial charge is 0.409 e. The highest BCUT2D eigenvalue weighted by atomic mass is 16.5. The molecule has 0 saturated carbocycles. The molecule has 1 heterocycles. The fourth-order valence-electron chi connectivity index (χ4n) is 1.82. The molecule has 1 fully saturated rings. The van der Waals surface area contributed by atoms with E-state index in [1.165, 1.54) is 0 Å². The number of rotatable bonds is 6. The number of amides is 1. The van der Waals surface area contributed by atoms with Crippen LogP contribution in [0.25, 0.3) is 0 Å². The van der Waals surface area contributed by atoms with Gasteiger partial charge in [0.2, 0.25) is 5.91 Å². The van der Waals surface area contributed by atoms with Gasteiger partial charge in [0, 0.05) is 19.6 Å². The average molecular weight is 243 g/mol. The first kappa shape index (κ1) is 13.8. The summed E-state index contributed by atoms with van der Waals surface area (Å²) >= 11 is 0. The Bertz CT molecular complexity index is 281. The zero-order valence-corrected chi connectivity index (χ0v) is 10.2. The lowest BCUT2D eigenvalue weighted by Gasteiger charge is -2.14. The predicted molar refractivity (Wildman–Crippen MR) is 63.8 cm³/mol. The van der Waals surface area contributed by atoms with Crippen LogP contribution in [0, 0.1) is 5.92 Å². The Labute approximate surface area is 101 Å². The second kappa shape index (κ2) is 7.11. The minimum Gasteiger partial charge on any atom is -0.409 e. The van der Waals surface area contributed by atoms with Crippen molar-refractivity contribution in [3.63, 3.8) is 0 Å². The number of carbonyl (C=O) groups is 1. The van der Waals surface area contributed by atoms with Gasteiger partial charge in [0.1, 0.15) is 11.9 Å². The van der Waals surface area contributed by atoms with Crippen LogP contribution in [0.2, 0.25) is 0 Å². The molecule has 98 valence electrons. The summed E-state index contributed by atoms with van der Waals surface area (Å²) in [6.07, 6.45) is 2.80. The zero-order valence-electron chi connectivity index (χ0n) is 10.2. The number of carbonyl (C=O) groups excluding carboxylic acids is 1. The molecule has 2 atom stereocenters. The van der Waals surface area contributed by atoms with Crippen LogP contribution in [0.3, 0.4) is 0 Å². The molecular weight excluding hydrogens is 222 g/mol. The third-order valence-electron chi connectivity index (χ3n) is 2.93. The lowest BCUT2D eigenvalue weighted by atomic mass is 10.0. The van der Waals surface area contributed by atoms with Crippen molar-refractivity contribution in [3.8, 4) is 0 Å². The molecule has 1 rings (SSSR count). The van der Waals surface area contributed by atoms with Gasteiger partial charge in [-0.25, -0.2) is 0 Å². The first-order chi connectivity index (χ1) is 8.15. The monoisotopic (exact) mass is 243 g/mol. The van der Waals surface area contributed by atoms with Crippen molar-refractivity contribution in [2.75, 3.05) is 13.2 Å². The van der Waals surface area contributed by atoms with Crippen LogP contribution in [0.5, 0.6) is 0 Å². The van der Waals surface area contributed by atoms with Gasteiger partial charge in [0.25, 0.3) is 0 Å². The fraction of sp³-hybridized carbons (Fsp3) is 0.818. The fourth-order valence-corrected chi connectivity index (χ4v) is 1.82. The molecule has 2 unspecified atom stereocenters. The molecule has 0 aromatic heterocycles. The van der Waals surface area contributed by atoms with Gasteiger partial charge in [-0.3, -0.25) is 4.79 Å². The number of nitrogens with zero attached hydrogens (tertiary/aromatic N) is 1. The van der Waals surface area contributed by atoms with Gasteiger partial charge in [-0.2, -0.15) is 0 Å². The molecular formula is C11H21N3O3. The van der Waals surface area contributed by atoms with Gasteiger partial charge < -0.3 is 21.0 Å². The topological polar surface area (TPSA) is 96.9 Å². The Kier molecular flexibility index (Phi) is 5.76. The van der Waals surface area contributed by atoms with Crippen molar-refractivity contribution in [1.82, 2.24) is 5.32 Å². The first-order valence-electron chi connectivity index (χ1n) is 6.01. The lowest BCUT2D eigenvalue weighted by Crippen LogP contribution is -2.37. The smallest absolute Gasteiger partial charge is 0.249 e. The van der Waals surface area contributed by atoms with Crippen molar-refractivity contribution in [3.05, 3.63) is 0 Å². The van der Waals surface area contributed by atoms with Gasteiger partial charge in [-0.1, -0.05) is 12.1 Å². The maximum Gasteiger partial charge on any atom is 0.249 e. The maximum atomic E-state index is 11.7. The molecule has 1 aliphatic rings. The number of oxime groups is 1. The van der Waals surface area contributed by atoms with E-state index in [2.05, 4.69) is 10.5 Å². The van der Waals surface area contributed by atoms with Crippen LogP contribution < -0.4 is 11.1 Å². The average Bonchev–Trinajstić information content (AvgIpc) is 2.74. The molecule has 17 heavy (non-hydrogen) atoms. The summed E-state index contributed by atoms with van der Waals surface area (Å²) in [5.74, 6) is 0.495. The summed E-state index contributed by atoms with van der Waals surface area (Å²) in [7, 11) is 0. The zero-order chi connectivity index (χ0) is 12.7. The summed E-state index contributed by atoms with van der Waals surface area (Å²) in [4.78, 5) is 11.7. The highest BCUT2D eigenvalue weighted by Gasteiger charge is 2.30. The van der Waals surface area contributed by atoms with E-state index in [-0.39, 0.29) is 17.8 Å². The Morgan fingerprint density at radius 1 is 1.59 bits per heavy atom. The maximum absolute atomic E-state index is 11.7. The molecule has 1 saturated heterocycles. The molecule has 0 bridgehead atoms. The van der Waals surface area contributed by atoms with Crippen LogP contribution in [0.4, 0.5) is 0 Å². The minimum atomic E-state index is -0.293. The van der Waals surface area contributed by atoms with Crippen molar-refractivity contribution in [1.29, 1.82) is 0 Å². The lowest BCUT2D eigenvalue weighted by molar-refractivity contribution is -0.131. The summed E-state index contributed by atoms with van der Waals surface area (Å²) < 4.78 is 5.36. The number of amidine groups is 1. The van der Waals surface area contributed by atoms with E-state index in [4.69, 9.17) is 15.7 Å². The second-order valence-corrected chi connectivity index (χ2v) is 4.40. The van der Waals surface area contributed by atoms with E-state index in [1.807, 2.05) is 6.92 Å². The van der Waals surface area contributed by atoms with E-state index in [9.17, 15) is 4.79 Å². The van der Waals surface area contributed by atoms with E-state index < -0.39 is 0 Å². The number of ether oxygens (including phenoxy) is 1. The molecule has 0 radical (unpaired) electrons. The van der Waals surface area contributed by atoms with Gasteiger partial charge in [-0.05, 0) is 25.2 Å². The van der Waals surface area contributed by atoms with Crippen molar-refractivity contribution >= 4 is 11.7 Å². The molecule has 6 nitrogen and oxygen atoms in total. The highest BCUT2D eigenvalue weighted by molar-refractivity contribution is 5.81. The number of nitrogens with two attached hydrogens (primary N) is 1. The molecule has 0 aromatic carbocycles. The number of hydrogen-bond acceptors (Lipinski definition) is 4. The number of nitrogens with one attached hydrogen (secondary N) is 1. The molecule has 0 aliphatic carbocycles. The van der Waals surface area contributed by atoms with Crippen LogP contribution in [0.1, 0.15) is 32.6 Å². The quantitative estimate of drug-likeness (QED) is 0.207. The molecule has 1 aliphatic heterocycles. The van der Waals surface area contributed by atoms with Crippen LogP contribution in [0.15, 0.2) is 5.16 Å². The molecule has 0 spiro atoms. The van der Waals surface area contributed by atoms with E-state index in [1.54, 1.807) is 0 Å². The standard InChI is InChI=1S/C11H21N3O3/c1-8-5-7-17-10(8)11(15)13-6-3-2-4-9(12)14-16/h8,10,16H,2-7H2,1H3,(H2,12,14)(H,13,15). The number of unbranched alkanes of at least 4 members (excludes halogenated alkanes) is 1. The molecule has 4 N–H and O–H groups in total. The van der Waals surface area contributed by atoms with Crippen LogP contribution in [-0.4, -0.2) is 36.2 Å². The Hall–Kier alpha value is -1.30.